The molecule has 0 radical (unpaired) electrons. The van der Waals surface area contributed by atoms with Crippen LogP contribution < -0.4 is 0 Å². The van der Waals surface area contributed by atoms with Gasteiger partial charge in [0.25, 0.3) is 0 Å². The number of nitrogens with one attached hydrogen (secondary N) is 1. The molecule has 3 nitrogen and oxygen atoms in total. The van der Waals surface area contributed by atoms with Crippen LogP contribution in [-0.2, 0) is 11.2 Å². The third-order valence-corrected chi connectivity index (χ3v) is 3.23. The summed E-state index contributed by atoms with van der Waals surface area (Å²) in [6, 6.07) is 8.33. The van der Waals surface area contributed by atoms with Crippen molar-refractivity contribution in [1.82, 2.24) is 4.98 Å². The monoisotopic (exact) mass is 217 g/mol. The van der Waals surface area contributed by atoms with Crippen LogP contribution in [0.15, 0.2) is 24.3 Å². The van der Waals surface area contributed by atoms with Crippen molar-refractivity contribution < 1.29 is 9.84 Å². The van der Waals surface area contributed by atoms with Crippen LogP contribution in [-0.4, -0.2) is 23.3 Å². The van der Waals surface area contributed by atoms with Crippen molar-refractivity contribution in [3.05, 3.63) is 35.5 Å². The minimum atomic E-state index is 0.0288. The fraction of sp³-hybridized carbons (Fsp3) is 0.385. The molecule has 0 aliphatic carbocycles. The van der Waals surface area contributed by atoms with Gasteiger partial charge in [0, 0.05) is 29.6 Å². The van der Waals surface area contributed by atoms with Gasteiger partial charge in [0.2, 0.25) is 0 Å². The molecule has 1 unspecified atom stereocenters. The molecule has 84 valence electrons. The Hall–Kier alpha value is -1.32. The van der Waals surface area contributed by atoms with Crippen LogP contribution in [0.4, 0.5) is 0 Å². The number of para-hydroxylation sites is 1. The smallest absolute Gasteiger partial charge is 0.0997 e. The number of aliphatic hydroxyl groups excluding tert-OH is 1. The summed E-state index contributed by atoms with van der Waals surface area (Å²) in [5, 5.41) is 10.3. The SMILES string of the molecule is OCCC1OCCc2c1[nH]c1ccccc21. The number of hydrogen-bond donors (Lipinski definition) is 2. The molecule has 0 saturated carbocycles. The van der Waals surface area contributed by atoms with Crippen molar-refractivity contribution in [3.63, 3.8) is 0 Å². The number of aromatic nitrogens is 1. The highest BCUT2D eigenvalue weighted by Gasteiger charge is 2.24. The standard InChI is InChI=1S/C13H15NO2/c15-7-5-12-13-10(6-8-16-12)9-3-1-2-4-11(9)14-13/h1-4,12,14-15H,5-8H2. The molecule has 1 aliphatic rings. The molecular formula is C13H15NO2. The molecule has 2 aromatic rings. The third-order valence-electron chi connectivity index (χ3n) is 3.23. The van der Waals surface area contributed by atoms with Crippen molar-refractivity contribution in [2.45, 2.75) is 18.9 Å². The highest BCUT2D eigenvalue weighted by atomic mass is 16.5. The van der Waals surface area contributed by atoms with Crippen molar-refractivity contribution in [3.8, 4) is 0 Å². The lowest BCUT2D eigenvalue weighted by Crippen LogP contribution is -2.16. The number of H-pyrrole nitrogens is 1. The maximum Gasteiger partial charge on any atom is 0.0997 e. The van der Waals surface area contributed by atoms with Crippen molar-refractivity contribution in [2.75, 3.05) is 13.2 Å². The largest absolute Gasteiger partial charge is 0.396 e. The van der Waals surface area contributed by atoms with E-state index in [0.29, 0.717) is 6.42 Å². The molecule has 1 aromatic carbocycles. The zero-order valence-electron chi connectivity index (χ0n) is 9.07. The molecule has 1 aliphatic heterocycles. The maximum absolute atomic E-state index is 9.03. The van der Waals surface area contributed by atoms with Crippen molar-refractivity contribution in [1.29, 1.82) is 0 Å². The molecule has 3 rings (SSSR count). The van der Waals surface area contributed by atoms with Gasteiger partial charge in [0.1, 0.15) is 0 Å². The number of ether oxygens (including phenoxy) is 1. The van der Waals surface area contributed by atoms with Crippen LogP contribution in [0.3, 0.4) is 0 Å². The summed E-state index contributed by atoms with van der Waals surface area (Å²) in [7, 11) is 0. The number of hydrogen-bond acceptors (Lipinski definition) is 2. The van der Waals surface area contributed by atoms with Crippen LogP contribution in [0.2, 0.25) is 0 Å². The Morgan fingerprint density at radius 2 is 2.25 bits per heavy atom. The highest BCUT2D eigenvalue weighted by molar-refractivity contribution is 5.84. The summed E-state index contributed by atoms with van der Waals surface area (Å²) in [5.41, 5.74) is 3.68. The second-order valence-electron chi connectivity index (χ2n) is 4.18. The predicted molar refractivity (Wildman–Crippen MR) is 62.4 cm³/mol. The van der Waals surface area contributed by atoms with Crippen LogP contribution in [0.1, 0.15) is 23.8 Å². The lowest BCUT2D eigenvalue weighted by Gasteiger charge is -2.22. The van der Waals surface area contributed by atoms with Gasteiger partial charge in [-0.2, -0.15) is 0 Å². The van der Waals surface area contributed by atoms with Crippen LogP contribution in [0, 0.1) is 0 Å². The van der Waals surface area contributed by atoms with E-state index in [1.807, 2.05) is 6.07 Å². The zero-order valence-corrected chi connectivity index (χ0v) is 9.07. The Morgan fingerprint density at radius 1 is 1.38 bits per heavy atom. The van der Waals surface area contributed by atoms with Crippen LogP contribution in [0.25, 0.3) is 10.9 Å². The first-order valence-electron chi connectivity index (χ1n) is 5.72. The normalized spacial score (nSPS) is 19.9. The lowest BCUT2D eigenvalue weighted by atomic mass is 10.0. The van der Waals surface area contributed by atoms with E-state index in [9.17, 15) is 0 Å². The topological polar surface area (TPSA) is 45.2 Å². The summed E-state index contributed by atoms with van der Waals surface area (Å²) in [6.45, 7) is 0.916. The number of aromatic amines is 1. The predicted octanol–water partition coefficient (Wildman–Crippen LogP) is 2.16. The average Bonchev–Trinajstić information content (AvgIpc) is 2.69. The van der Waals surface area contributed by atoms with Gasteiger partial charge >= 0.3 is 0 Å². The van der Waals surface area contributed by atoms with Gasteiger partial charge in [0.15, 0.2) is 0 Å². The minimum absolute atomic E-state index is 0.0288. The Morgan fingerprint density at radius 3 is 3.12 bits per heavy atom. The molecule has 0 amide bonds. The molecule has 0 bridgehead atoms. The molecule has 16 heavy (non-hydrogen) atoms. The molecule has 0 spiro atoms. The number of fused-ring (bicyclic) bond motifs is 3. The van der Waals surface area contributed by atoms with Gasteiger partial charge < -0.3 is 14.8 Å². The van der Waals surface area contributed by atoms with E-state index in [2.05, 4.69) is 23.2 Å². The van der Waals surface area contributed by atoms with Gasteiger partial charge in [-0.1, -0.05) is 18.2 Å². The molecular weight excluding hydrogens is 202 g/mol. The molecule has 2 heterocycles. The van der Waals surface area contributed by atoms with Gasteiger partial charge in [-0.3, -0.25) is 0 Å². The van der Waals surface area contributed by atoms with E-state index in [-0.39, 0.29) is 12.7 Å². The van der Waals surface area contributed by atoms with Gasteiger partial charge in [0.05, 0.1) is 12.7 Å². The van der Waals surface area contributed by atoms with Crippen molar-refractivity contribution in [2.24, 2.45) is 0 Å². The summed E-state index contributed by atoms with van der Waals surface area (Å²) in [5.74, 6) is 0. The van der Waals surface area contributed by atoms with E-state index >= 15 is 0 Å². The molecule has 1 atom stereocenters. The fourth-order valence-electron chi connectivity index (χ4n) is 2.50. The Kier molecular flexibility index (Phi) is 2.42. The number of aliphatic hydroxyl groups is 1. The van der Waals surface area contributed by atoms with E-state index in [1.54, 1.807) is 0 Å². The highest BCUT2D eigenvalue weighted by Crippen LogP contribution is 2.33. The molecule has 1 aromatic heterocycles. The zero-order chi connectivity index (χ0) is 11.0. The minimum Gasteiger partial charge on any atom is -0.396 e. The number of benzene rings is 1. The van der Waals surface area contributed by atoms with E-state index < -0.39 is 0 Å². The molecule has 0 saturated heterocycles. The van der Waals surface area contributed by atoms with Crippen LogP contribution in [0.5, 0.6) is 0 Å². The Balaban J connectivity index is 2.13. The summed E-state index contributed by atoms with van der Waals surface area (Å²) in [4.78, 5) is 3.41. The molecule has 2 N–H and O–H groups in total. The Labute approximate surface area is 94.0 Å². The molecule has 0 fully saturated rings. The van der Waals surface area contributed by atoms with Crippen LogP contribution >= 0.6 is 0 Å². The first-order valence-corrected chi connectivity index (χ1v) is 5.72. The average molecular weight is 217 g/mol. The summed E-state index contributed by atoms with van der Waals surface area (Å²) >= 11 is 0. The lowest BCUT2D eigenvalue weighted by molar-refractivity contribution is 0.0232. The van der Waals surface area contributed by atoms with E-state index in [4.69, 9.17) is 9.84 Å². The second-order valence-corrected chi connectivity index (χ2v) is 4.18. The van der Waals surface area contributed by atoms with E-state index in [1.165, 1.54) is 16.5 Å². The summed E-state index contributed by atoms with van der Waals surface area (Å²) < 4.78 is 5.68. The van der Waals surface area contributed by atoms with Gasteiger partial charge in [-0.15, -0.1) is 0 Å². The second kappa shape index (κ2) is 3.92. The molecule has 3 heteroatoms. The van der Waals surface area contributed by atoms with Crippen molar-refractivity contribution >= 4 is 10.9 Å². The third kappa shape index (κ3) is 1.44. The first-order chi connectivity index (χ1) is 7.90. The van der Waals surface area contributed by atoms with E-state index in [0.717, 1.165) is 18.7 Å². The summed E-state index contributed by atoms with van der Waals surface area (Å²) in [6.07, 6.45) is 1.65. The number of rotatable bonds is 2. The first kappa shape index (κ1) is 9.87. The van der Waals surface area contributed by atoms with Gasteiger partial charge in [-0.05, 0) is 18.1 Å². The quantitative estimate of drug-likeness (QED) is 0.809. The Bertz CT molecular complexity index is 504. The van der Waals surface area contributed by atoms with Gasteiger partial charge in [-0.25, -0.2) is 0 Å². The maximum atomic E-state index is 9.03. The fourth-order valence-corrected chi connectivity index (χ4v) is 2.50.